The van der Waals surface area contributed by atoms with Crippen LogP contribution in [0.2, 0.25) is 0 Å². The molecule has 156 valence electrons. The van der Waals surface area contributed by atoms with Crippen molar-refractivity contribution < 1.29 is 18.7 Å². The molecule has 1 N–H and O–H groups in total. The van der Waals surface area contributed by atoms with Gasteiger partial charge in [-0.15, -0.1) is 0 Å². The van der Waals surface area contributed by atoms with Gasteiger partial charge in [0, 0.05) is 25.2 Å². The van der Waals surface area contributed by atoms with Crippen LogP contribution in [0.4, 0.5) is 21.5 Å². The molecule has 0 saturated carbocycles. The predicted octanol–water partition coefficient (Wildman–Crippen LogP) is 2.82. The molecule has 1 saturated heterocycles. The summed E-state index contributed by atoms with van der Waals surface area (Å²) in [5.74, 6) is -0.930. The molecule has 1 unspecified atom stereocenters. The number of morpholine rings is 1. The average molecular weight is 410 g/mol. The number of hydrogen-bond acceptors (Lipinski definition) is 6. The number of nitrogens with one attached hydrogen (secondary N) is 1. The molecule has 30 heavy (non-hydrogen) atoms. The molecule has 1 fully saturated rings. The van der Waals surface area contributed by atoms with Gasteiger partial charge < -0.3 is 15.0 Å². The highest BCUT2D eigenvalue weighted by Gasteiger charge is 2.34. The monoisotopic (exact) mass is 410 g/mol. The molecule has 7 nitrogen and oxygen atoms in total. The normalized spacial score (nSPS) is 18.9. The Bertz CT molecular complexity index is 974. The van der Waals surface area contributed by atoms with Crippen LogP contribution in [0.3, 0.4) is 0 Å². The molecule has 0 bridgehead atoms. The van der Waals surface area contributed by atoms with Crippen LogP contribution in [0.15, 0.2) is 53.6 Å². The number of benzene rings is 2. The van der Waals surface area contributed by atoms with Crippen molar-refractivity contribution in [2.45, 2.75) is 19.4 Å². The van der Waals surface area contributed by atoms with Gasteiger partial charge in [0.15, 0.2) is 5.78 Å². The number of ketones is 1. The first-order chi connectivity index (χ1) is 14.5. The molecule has 2 aliphatic rings. The molecule has 0 radical (unpaired) electrons. The van der Waals surface area contributed by atoms with Crippen LogP contribution in [0, 0.1) is 5.82 Å². The number of hydrazone groups is 1. The van der Waals surface area contributed by atoms with Crippen LogP contribution in [0.1, 0.15) is 13.3 Å². The molecule has 0 spiro atoms. The van der Waals surface area contributed by atoms with E-state index >= 15 is 0 Å². The van der Waals surface area contributed by atoms with Gasteiger partial charge in [-0.25, -0.2) is 4.39 Å². The highest BCUT2D eigenvalue weighted by atomic mass is 19.1. The van der Waals surface area contributed by atoms with E-state index in [2.05, 4.69) is 10.4 Å². The number of anilines is 3. The number of carbonyl (C=O) groups excluding carboxylic acids is 2. The summed E-state index contributed by atoms with van der Waals surface area (Å²) in [5.41, 5.74) is 1.80. The van der Waals surface area contributed by atoms with E-state index in [1.807, 2.05) is 35.2 Å². The number of carbonyl (C=O) groups is 2. The van der Waals surface area contributed by atoms with Crippen molar-refractivity contribution in [3.8, 4) is 0 Å². The first-order valence-electron chi connectivity index (χ1n) is 9.89. The van der Waals surface area contributed by atoms with Crippen LogP contribution in [0.5, 0.6) is 0 Å². The first-order valence-corrected chi connectivity index (χ1v) is 9.89. The maximum Gasteiger partial charge on any atom is 0.271 e. The van der Waals surface area contributed by atoms with Crippen LogP contribution in [-0.2, 0) is 14.3 Å². The van der Waals surface area contributed by atoms with E-state index in [1.54, 1.807) is 17.1 Å². The van der Waals surface area contributed by atoms with Crippen molar-refractivity contribution in [3.05, 3.63) is 54.3 Å². The highest BCUT2D eigenvalue weighted by Crippen LogP contribution is 2.27. The summed E-state index contributed by atoms with van der Waals surface area (Å²) in [5, 5.41) is 8.64. The summed E-state index contributed by atoms with van der Waals surface area (Å²) in [6.45, 7) is 3.86. The smallest absolute Gasteiger partial charge is 0.271 e. The van der Waals surface area contributed by atoms with Gasteiger partial charge in [-0.3, -0.25) is 14.6 Å². The number of Topliss-reactive ketones (excluding diaryl/α,β-unsaturated/α-hetero) is 1. The Morgan fingerprint density at radius 2 is 1.87 bits per heavy atom. The lowest BCUT2D eigenvalue weighted by molar-refractivity contribution is -0.118. The molecule has 0 aliphatic carbocycles. The van der Waals surface area contributed by atoms with Crippen LogP contribution >= 0.6 is 0 Å². The quantitative estimate of drug-likeness (QED) is 0.821. The third-order valence-corrected chi connectivity index (χ3v) is 5.22. The summed E-state index contributed by atoms with van der Waals surface area (Å²) in [6, 6.07) is 13.3. The minimum Gasteiger partial charge on any atom is -0.378 e. The maximum absolute atomic E-state index is 14.6. The summed E-state index contributed by atoms with van der Waals surface area (Å²) >= 11 is 0. The average Bonchev–Trinajstić information content (AvgIpc) is 3.21. The number of para-hydroxylation sites is 1. The van der Waals surface area contributed by atoms with Gasteiger partial charge in [0.1, 0.15) is 17.6 Å². The molecule has 2 aromatic rings. The molecule has 1 amide bonds. The van der Waals surface area contributed by atoms with Crippen molar-refractivity contribution in [2.24, 2.45) is 5.10 Å². The molecule has 1 atom stereocenters. The van der Waals surface area contributed by atoms with Crippen molar-refractivity contribution in [2.75, 3.05) is 41.5 Å². The molecule has 2 aliphatic heterocycles. The minimum atomic E-state index is -0.534. The second kappa shape index (κ2) is 8.62. The van der Waals surface area contributed by atoms with Crippen molar-refractivity contribution >= 4 is 34.5 Å². The van der Waals surface area contributed by atoms with Gasteiger partial charge in [0.05, 0.1) is 24.6 Å². The summed E-state index contributed by atoms with van der Waals surface area (Å²) in [6.07, 6.45) is 0.199. The topological polar surface area (TPSA) is 74.2 Å². The number of amides is 1. The number of nitrogens with zero attached hydrogens (tertiary/aromatic N) is 3. The SMILES string of the molecule is CC(=O)C1CC(C(=O)Nc2ccc(N3CCOCC3)c(F)c2)=NN1c1ccccc1. The zero-order valence-corrected chi connectivity index (χ0v) is 16.7. The standard InChI is InChI=1S/C22H23FN4O3/c1-15(28)21-14-19(25-27(21)17-5-3-2-4-6-17)22(29)24-16-7-8-20(18(23)13-16)26-9-11-30-12-10-26/h2-8,13,21H,9-12,14H2,1H3,(H,24,29). The van der Waals surface area contributed by atoms with Gasteiger partial charge in [0.25, 0.3) is 5.91 Å². The largest absolute Gasteiger partial charge is 0.378 e. The fourth-order valence-electron chi connectivity index (χ4n) is 3.63. The van der Waals surface area contributed by atoms with Gasteiger partial charge in [-0.2, -0.15) is 5.10 Å². The number of rotatable bonds is 5. The molecule has 0 aromatic heterocycles. The fraction of sp³-hybridized carbons (Fsp3) is 0.318. The Balaban J connectivity index is 1.49. The van der Waals surface area contributed by atoms with Crippen LogP contribution in [0.25, 0.3) is 0 Å². The maximum atomic E-state index is 14.6. The first kappa shape index (κ1) is 20.0. The van der Waals surface area contributed by atoms with E-state index in [1.165, 1.54) is 13.0 Å². The predicted molar refractivity (Wildman–Crippen MR) is 114 cm³/mol. The highest BCUT2D eigenvalue weighted by molar-refractivity contribution is 6.44. The van der Waals surface area contributed by atoms with E-state index in [0.717, 1.165) is 5.69 Å². The van der Waals surface area contributed by atoms with Gasteiger partial charge in [-0.05, 0) is 37.3 Å². The third kappa shape index (κ3) is 4.18. The van der Waals surface area contributed by atoms with Crippen molar-refractivity contribution in [1.82, 2.24) is 0 Å². The Labute approximate surface area is 174 Å². The minimum absolute atomic E-state index is 0.0775. The van der Waals surface area contributed by atoms with Gasteiger partial charge >= 0.3 is 0 Å². The molecule has 4 rings (SSSR count). The summed E-state index contributed by atoms with van der Waals surface area (Å²) in [4.78, 5) is 26.7. The lowest BCUT2D eigenvalue weighted by Gasteiger charge is -2.29. The second-order valence-electron chi connectivity index (χ2n) is 7.28. The van der Waals surface area contributed by atoms with E-state index in [9.17, 15) is 14.0 Å². The third-order valence-electron chi connectivity index (χ3n) is 5.22. The van der Waals surface area contributed by atoms with Gasteiger partial charge in [0.2, 0.25) is 0 Å². The lowest BCUT2D eigenvalue weighted by Crippen LogP contribution is -2.36. The molecule has 2 aromatic carbocycles. The van der Waals surface area contributed by atoms with E-state index in [4.69, 9.17) is 4.74 Å². The Hall–Kier alpha value is -3.26. The number of hydrogen-bond donors (Lipinski definition) is 1. The molecule has 8 heteroatoms. The van der Waals surface area contributed by atoms with E-state index < -0.39 is 17.8 Å². The van der Waals surface area contributed by atoms with Crippen LogP contribution < -0.4 is 15.2 Å². The van der Waals surface area contributed by atoms with Crippen molar-refractivity contribution in [3.63, 3.8) is 0 Å². The Morgan fingerprint density at radius 1 is 1.13 bits per heavy atom. The Kier molecular flexibility index (Phi) is 5.76. The molecule has 2 heterocycles. The summed E-state index contributed by atoms with van der Waals surface area (Å²) < 4.78 is 19.9. The second-order valence-corrected chi connectivity index (χ2v) is 7.28. The molecular weight excluding hydrogens is 387 g/mol. The van der Waals surface area contributed by atoms with Crippen molar-refractivity contribution in [1.29, 1.82) is 0 Å². The number of halogens is 1. The lowest BCUT2D eigenvalue weighted by atomic mass is 10.1. The van der Waals surface area contributed by atoms with Crippen LogP contribution in [-0.4, -0.2) is 49.7 Å². The number of ether oxygens (including phenoxy) is 1. The van der Waals surface area contributed by atoms with Gasteiger partial charge in [-0.1, -0.05) is 18.2 Å². The zero-order valence-electron chi connectivity index (χ0n) is 16.7. The molecular formula is C22H23FN4O3. The fourth-order valence-corrected chi connectivity index (χ4v) is 3.63. The van der Waals surface area contributed by atoms with E-state index in [-0.39, 0.29) is 17.9 Å². The summed E-state index contributed by atoms with van der Waals surface area (Å²) in [7, 11) is 0. The van der Waals surface area contributed by atoms with E-state index in [0.29, 0.717) is 37.7 Å². The Morgan fingerprint density at radius 3 is 2.53 bits per heavy atom. The zero-order chi connectivity index (χ0) is 21.1.